The Labute approximate surface area is 192 Å². The number of benzene rings is 2. The summed E-state index contributed by atoms with van der Waals surface area (Å²) in [5.74, 6) is -0.480. The van der Waals surface area contributed by atoms with Gasteiger partial charge in [-0.15, -0.1) is 11.3 Å². The predicted molar refractivity (Wildman–Crippen MR) is 125 cm³/mol. The molecule has 0 unspecified atom stereocenters. The maximum absolute atomic E-state index is 13.6. The van der Waals surface area contributed by atoms with E-state index in [0.29, 0.717) is 20.6 Å². The number of aromatic nitrogens is 1. The molecule has 4 aromatic rings. The summed E-state index contributed by atoms with van der Waals surface area (Å²) in [6.45, 7) is 0.0352. The fraction of sp³-hybridized carbons (Fsp3) is 0.0909. The Morgan fingerprint density at radius 1 is 1.13 bits per heavy atom. The van der Waals surface area contributed by atoms with E-state index in [-0.39, 0.29) is 11.4 Å². The highest BCUT2D eigenvalue weighted by Crippen LogP contribution is 2.44. The van der Waals surface area contributed by atoms with Gasteiger partial charge in [0.15, 0.2) is 0 Å². The first kappa shape index (κ1) is 21.5. The van der Waals surface area contributed by atoms with E-state index in [9.17, 15) is 13.2 Å². The number of carbonyl (C=O) groups excluding carboxylic acids is 1. The summed E-state index contributed by atoms with van der Waals surface area (Å²) >= 11 is 4.97. The number of sulfonamides is 1. The van der Waals surface area contributed by atoms with Crippen molar-refractivity contribution in [3.05, 3.63) is 88.7 Å². The molecule has 4 rings (SSSR count). The van der Waals surface area contributed by atoms with Gasteiger partial charge in [-0.25, -0.2) is 13.2 Å². The van der Waals surface area contributed by atoms with Crippen LogP contribution in [0.1, 0.15) is 15.9 Å². The van der Waals surface area contributed by atoms with E-state index < -0.39 is 16.0 Å². The number of halogens is 1. The topological polar surface area (TPSA) is 76.6 Å². The van der Waals surface area contributed by atoms with Gasteiger partial charge < -0.3 is 4.74 Å². The number of nitrogens with zero attached hydrogens (tertiary/aromatic N) is 2. The maximum Gasteiger partial charge on any atom is 0.337 e. The van der Waals surface area contributed by atoms with Crippen molar-refractivity contribution in [1.82, 2.24) is 4.98 Å². The Hall–Kier alpha value is -2.75. The van der Waals surface area contributed by atoms with Gasteiger partial charge in [-0.1, -0.05) is 30.3 Å². The predicted octanol–water partition coefficient (Wildman–Crippen LogP) is 5.24. The SMILES string of the molecule is COC(=O)c1cccc(CN(c2sc3ccccc3c2Br)S(=O)(=O)c2cccnc2)c1. The third-order valence-corrected chi connectivity index (χ3v) is 8.74. The van der Waals surface area contributed by atoms with E-state index >= 15 is 0 Å². The Morgan fingerprint density at radius 2 is 1.94 bits per heavy atom. The molecule has 9 heteroatoms. The van der Waals surface area contributed by atoms with Crippen LogP contribution in [-0.2, 0) is 21.3 Å². The molecule has 31 heavy (non-hydrogen) atoms. The molecule has 0 fully saturated rings. The number of fused-ring (bicyclic) bond motifs is 1. The normalized spacial score (nSPS) is 11.4. The number of hydrogen-bond donors (Lipinski definition) is 0. The number of ether oxygens (including phenoxy) is 1. The van der Waals surface area contributed by atoms with E-state index in [1.165, 1.54) is 41.2 Å². The van der Waals surface area contributed by atoms with Crippen molar-refractivity contribution in [3.63, 3.8) is 0 Å². The number of rotatable bonds is 6. The molecule has 0 aliphatic rings. The Bertz CT molecular complexity index is 1350. The molecule has 2 heterocycles. The van der Waals surface area contributed by atoms with Crippen molar-refractivity contribution in [2.45, 2.75) is 11.4 Å². The second kappa shape index (κ2) is 8.78. The lowest BCUT2D eigenvalue weighted by atomic mass is 10.1. The van der Waals surface area contributed by atoms with Gasteiger partial charge in [-0.3, -0.25) is 9.29 Å². The molecule has 0 aliphatic carbocycles. The molecule has 0 atom stereocenters. The van der Waals surface area contributed by atoms with Crippen LogP contribution in [0.25, 0.3) is 10.1 Å². The number of esters is 1. The largest absolute Gasteiger partial charge is 0.465 e. The zero-order valence-electron chi connectivity index (χ0n) is 16.4. The number of thiophene rings is 1. The summed E-state index contributed by atoms with van der Waals surface area (Å²) in [4.78, 5) is 16.0. The van der Waals surface area contributed by atoms with Gasteiger partial charge in [0.1, 0.15) is 9.90 Å². The first-order valence-corrected chi connectivity index (χ1v) is 12.2. The number of hydrogen-bond acceptors (Lipinski definition) is 6. The number of carbonyl (C=O) groups is 1. The second-order valence-corrected chi connectivity index (χ2v) is 10.3. The minimum Gasteiger partial charge on any atom is -0.465 e. The van der Waals surface area contributed by atoms with Gasteiger partial charge in [-0.2, -0.15) is 0 Å². The molecule has 0 N–H and O–H groups in total. The fourth-order valence-electron chi connectivity index (χ4n) is 3.13. The first-order valence-electron chi connectivity index (χ1n) is 9.19. The molecule has 2 aromatic carbocycles. The van der Waals surface area contributed by atoms with Crippen LogP contribution in [0.2, 0.25) is 0 Å². The van der Waals surface area contributed by atoms with Crippen LogP contribution in [0.5, 0.6) is 0 Å². The lowest BCUT2D eigenvalue weighted by molar-refractivity contribution is 0.0600. The zero-order chi connectivity index (χ0) is 22.0. The molecular formula is C22H17BrN2O4S2. The standard InChI is InChI=1S/C22H17BrN2O4S2/c1-29-22(26)16-7-4-6-15(12-16)14-25(31(27,28)17-8-5-11-24-13-17)21-20(23)18-9-2-3-10-19(18)30-21/h2-13H,14H2,1H3. The van der Waals surface area contributed by atoms with Gasteiger partial charge in [-0.05, 0) is 51.8 Å². The van der Waals surface area contributed by atoms with Gasteiger partial charge in [0.25, 0.3) is 10.0 Å². The molecule has 0 saturated carbocycles. The van der Waals surface area contributed by atoms with Crippen LogP contribution < -0.4 is 4.31 Å². The lowest BCUT2D eigenvalue weighted by Gasteiger charge is -2.23. The van der Waals surface area contributed by atoms with Crippen LogP contribution in [0, 0.1) is 0 Å². The van der Waals surface area contributed by atoms with Crippen LogP contribution in [0.3, 0.4) is 0 Å². The molecule has 0 saturated heterocycles. The maximum atomic E-state index is 13.6. The van der Waals surface area contributed by atoms with Gasteiger partial charge >= 0.3 is 5.97 Å². The minimum atomic E-state index is -3.93. The second-order valence-electron chi connectivity index (χ2n) is 6.61. The highest BCUT2D eigenvalue weighted by atomic mass is 79.9. The van der Waals surface area contributed by atoms with Crippen LogP contribution >= 0.6 is 27.3 Å². The highest BCUT2D eigenvalue weighted by Gasteiger charge is 2.29. The van der Waals surface area contributed by atoms with Gasteiger partial charge in [0.2, 0.25) is 0 Å². The summed E-state index contributed by atoms with van der Waals surface area (Å²) in [7, 11) is -2.62. The van der Waals surface area contributed by atoms with E-state index in [1.807, 2.05) is 24.3 Å². The molecule has 0 aliphatic heterocycles. The number of anilines is 1. The Balaban J connectivity index is 1.86. The minimum absolute atomic E-state index is 0.0352. The van der Waals surface area contributed by atoms with E-state index in [2.05, 4.69) is 20.9 Å². The van der Waals surface area contributed by atoms with E-state index in [4.69, 9.17) is 4.74 Å². The number of methoxy groups -OCH3 is 1. The van der Waals surface area contributed by atoms with Gasteiger partial charge in [0, 0.05) is 22.5 Å². The van der Waals surface area contributed by atoms with E-state index in [1.54, 1.807) is 30.3 Å². The van der Waals surface area contributed by atoms with Crippen LogP contribution in [0.15, 0.2) is 82.4 Å². The summed E-state index contributed by atoms with van der Waals surface area (Å²) in [5, 5.41) is 1.48. The molecule has 0 bridgehead atoms. The monoisotopic (exact) mass is 516 g/mol. The van der Waals surface area contributed by atoms with E-state index in [0.717, 1.165) is 10.1 Å². The lowest BCUT2D eigenvalue weighted by Crippen LogP contribution is -2.30. The molecule has 2 aromatic heterocycles. The van der Waals surface area contributed by atoms with Crippen molar-refractivity contribution >= 4 is 58.3 Å². The average Bonchev–Trinajstić information content (AvgIpc) is 3.13. The molecule has 6 nitrogen and oxygen atoms in total. The third kappa shape index (κ3) is 4.21. The van der Waals surface area contributed by atoms with Crippen LogP contribution in [0.4, 0.5) is 5.00 Å². The number of pyridine rings is 1. The molecular weight excluding hydrogens is 500 g/mol. The summed E-state index contributed by atoms with van der Waals surface area (Å²) < 4.78 is 35.0. The Kier molecular flexibility index (Phi) is 6.08. The summed E-state index contributed by atoms with van der Waals surface area (Å²) in [6.07, 6.45) is 2.85. The molecule has 158 valence electrons. The fourth-order valence-corrected chi connectivity index (χ4v) is 6.92. The molecule has 0 radical (unpaired) electrons. The summed E-state index contributed by atoms with van der Waals surface area (Å²) in [5.41, 5.74) is 1.01. The van der Waals surface area contributed by atoms with Crippen molar-refractivity contribution in [1.29, 1.82) is 0 Å². The summed E-state index contributed by atoms with van der Waals surface area (Å²) in [6, 6.07) is 17.6. The zero-order valence-corrected chi connectivity index (χ0v) is 19.6. The first-order chi connectivity index (χ1) is 14.9. The van der Waals surface area contributed by atoms with Gasteiger partial charge in [0.05, 0.1) is 23.7 Å². The average molecular weight is 517 g/mol. The third-order valence-electron chi connectivity index (χ3n) is 4.64. The van der Waals surface area contributed by atoms with Crippen molar-refractivity contribution in [2.75, 3.05) is 11.4 Å². The van der Waals surface area contributed by atoms with Crippen molar-refractivity contribution < 1.29 is 17.9 Å². The highest BCUT2D eigenvalue weighted by molar-refractivity contribution is 9.10. The molecule has 0 spiro atoms. The van der Waals surface area contributed by atoms with Crippen molar-refractivity contribution in [2.24, 2.45) is 0 Å². The Morgan fingerprint density at radius 3 is 2.65 bits per heavy atom. The van der Waals surface area contributed by atoms with Crippen LogP contribution in [-0.4, -0.2) is 26.5 Å². The van der Waals surface area contributed by atoms with Crippen molar-refractivity contribution in [3.8, 4) is 0 Å². The quantitative estimate of drug-likeness (QED) is 0.327. The smallest absolute Gasteiger partial charge is 0.337 e. The molecule has 0 amide bonds.